The monoisotopic (exact) mass is 320 g/mol. The highest BCUT2D eigenvalue weighted by molar-refractivity contribution is 5.94. The predicted octanol–water partition coefficient (Wildman–Crippen LogP) is 3.41. The van der Waals surface area contributed by atoms with Gasteiger partial charge in [-0.25, -0.2) is 9.97 Å². The highest BCUT2D eigenvalue weighted by Crippen LogP contribution is 2.21. The zero-order chi connectivity index (χ0) is 17.1. The molecule has 1 aromatic carbocycles. The zero-order valence-corrected chi connectivity index (χ0v) is 14.0. The van der Waals surface area contributed by atoms with E-state index in [1.165, 1.54) is 5.56 Å². The zero-order valence-electron chi connectivity index (χ0n) is 14.0. The van der Waals surface area contributed by atoms with Crippen molar-refractivity contribution < 1.29 is 4.79 Å². The second kappa shape index (κ2) is 6.66. The van der Waals surface area contributed by atoms with Gasteiger partial charge in [-0.2, -0.15) is 0 Å². The van der Waals surface area contributed by atoms with Crippen molar-refractivity contribution in [3.05, 3.63) is 78.0 Å². The average molecular weight is 320 g/mol. The van der Waals surface area contributed by atoms with Crippen LogP contribution in [0.15, 0.2) is 61.3 Å². The summed E-state index contributed by atoms with van der Waals surface area (Å²) in [5.41, 5.74) is 2.89. The molecular weight excluding hydrogens is 300 g/mol. The Labute approximate surface area is 141 Å². The number of aryl methyl sites for hydroxylation is 1. The van der Waals surface area contributed by atoms with E-state index in [1.54, 1.807) is 34.3 Å². The number of carbonyl (C=O) groups excluding carboxylic acids is 1. The number of benzene rings is 1. The summed E-state index contributed by atoms with van der Waals surface area (Å²) < 4.78 is 1.80. The fraction of sp³-hybridized carbons (Fsp3) is 0.211. The van der Waals surface area contributed by atoms with Crippen molar-refractivity contribution in [2.24, 2.45) is 0 Å². The van der Waals surface area contributed by atoms with Crippen molar-refractivity contribution in [2.75, 3.05) is 7.05 Å². The van der Waals surface area contributed by atoms with Gasteiger partial charge in [-0.15, -0.1) is 0 Å². The largest absolute Gasteiger partial charge is 0.335 e. The second-order valence-electron chi connectivity index (χ2n) is 5.88. The summed E-state index contributed by atoms with van der Waals surface area (Å²) in [6.45, 7) is 4.08. The third-order valence-electron chi connectivity index (χ3n) is 4.22. The van der Waals surface area contributed by atoms with E-state index in [2.05, 4.69) is 41.2 Å². The summed E-state index contributed by atoms with van der Waals surface area (Å²) in [4.78, 5) is 22.8. The summed E-state index contributed by atoms with van der Waals surface area (Å²) in [5, 5.41) is 0. The Bertz CT molecular complexity index is 808. The lowest BCUT2D eigenvalue weighted by atomic mass is 10.0. The van der Waals surface area contributed by atoms with E-state index in [0.717, 1.165) is 11.4 Å². The van der Waals surface area contributed by atoms with E-state index in [4.69, 9.17) is 0 Å². The Morgan fingerprint density at radius 2 is 1.92 bits per heavy atom. The van der Waals surface area contributed by atoms with E-state index < -0.39 is 0 Å². The molecule has 1 unspecified atom stereocenters. The molecule has 3 rings (SSSR count). The van der Waals surface area contributed by atoms with Gasteiger partial charge in [-0.05, 0) is 31.5 Å². The lowest BCUT2D eigenvalue weighted by molar-refractivity contribution is 0.0742. The van der Waals surface area contributed by atoms with Crippen LogP contribution in [-0.2, 0) is 0 Å². The normalized spacial score (nSPS) is 12.0. The van der Waals surface area contributed by atoms with Crippen molar-refractivity contribution >= 4 is 5.91 Å². The van der Waals surface area contributed by atoms with Crippen molar-refractivity contribution in [3.63, 3.8) is 0 Å². The maximum atomic E-state index is 12.7. The summed E-state index contributed by atoms with van der Waals surface area (Å²) in [6, 6.07) is 11.8. The number of hydrogen-bond acceptors (Lipinski definition) is 3. The van der Waals surface area contributed by atoms with Crippen molar-refractivity contribution in [1.29, 1.82) is 0 Å². The number of amides is 1. The first-order chi connectivity index (χ1) is 11.6. The first-order valence-corrected chi connectivity index (χ1v) is 7.84. The molecular formula is C19H20N4O. The highest BCUT2D eigenvalue weighted by Gasteiger charge is 2.19. The van der Waals surface area contributed by atoms with Crippen LogP contribution in [0.25, 0.3) is 5.82 Å². The standard InChI is InChI=1S/C19H20N4O/c1-14-4-6-16(7-5-14)15(2)22(3)19(24)17-8-9-18(21-12-17)23-11-10-20-13-23/h4-13,15H,1-3H3. The molecule has 0 saturated carbocycles. The SMILES string of the molecule is Cc1ccc(C(C)N(C)C(=O)c2ccc(-n3ccnc3)nc2)cc1. The van der Waals surface area contributed by atoms with E-state index >= 15 is 0 Å². The molecule has 5 heteroatoms. The Morgan fingerprint density at radius 3 is 2.50 bits per heavy atom. The Kier molecular flexibility index (Phi) is 4.42. The number of hydrogen-bond donors (Lipinski definition) is 0. The lowest BCUT2D eigenvalue weighted by Gasteiger charge is -2.25. The minimum atomic E-state index is -0.0484. The highest BCUT2D eigenvalue weighted by atomic mass is 16.2. The fourth-order valence-corrected chi connectivity index (χ4v) is 2.51. The molecule has 0 N–H and O–H groups in total. The second-order valence-corrected chi connectivity index (χ2v) is 5.88. The number of pyridine rings is 1. The molecule has 0 saturated heterocycles. The van der Waals surface area contributed by atoms with Crippen LogP contribution in [-0.4, -0.2) is 32.4 Å². The molecule has 1 amide bonds. The quantitative estimate of drug-likeness (QED) is 0.740. The molecule has 0 spiro atoms. The van der Waals surface area contributed by atoms with Crippen molar-refractivity contribution in [2.45, 2.75) is 19.9 Å². The summed E-state index contributed by atoms with van der Waals surface area (Å²) in [5.74, 6) is 0.686. The molecule has 5 nitrogen and oxygen atoms in total. The minimum absolute atomic E-state index is 0.00794. The van der Waals surface area contributed by atoms with Gasteiger partial charge in [0.25, 0.3) is 5.91 Å². The van der Waals surface area contributed by atoms with Crippen LogP contribution in [0.5, 0.6) is 0 Å². The van der Waals surface area contributed by atoms with Crippen LogP contribution < -0.4 is 0 Å². The summed E-state index contributed by atoms with van der Waals surface area (Å²) in [6.07, 6.45) is 6.79. The van der Waals surface area contributed by atoms with Crippen LogP contribution in [0.1, 0.15) is 34.5 Å². The van der Waals surface area contributed by atoms with Crippen LogP contribution in [0.4, 0.5) is 0 Å². The van der Waals surface area contributed by atoms with Crippen LogP contribution >= 0.6 is 0 Å². The first-order valence-electron chi connectivity index (χ1n) is 7.84. The summed E-state index contributed by atoms with van der Waals surface area (Å²) in [7, 11) is 1.82. The minimum Gasteiger partial charge on any atom is -0.335 e. The van der Waals surface area contributed by atoms with Crippen molar-refractivity contribution in [3.8, 4) is 5.82 Å². The number of aromatic nitrogens is 3. The van der Waals surface area contributed by atoms with Gasteiger partial charge in [-0.3, -0.25) is 9.36 Å². The fourth-order valence-electron chi connectivity index (χ4n) is 2.51. The van der Waals surface area contributed by atoms with E-state index in [1.807, 2.05) is 26.2 Å². The molecule has 122 valence electrons. The van der Waals surface area contributed by atoms with E-state index in [-0.39, 0.29) is 11.9 Å². The molecule has 3 aromatic rings. The molecule has 2 heterocycles. The smallest absolute Gasteiger partial charge is 0.255 e. The van der Waals surface area contributed by atoms with Gasteiger partial charge in [0.1, 0.15) is 12.1 Å². The molecule has 1 atom stereocenters. The number of rotatable bonds is 4. The topological polar surface area (TPSA) is 51.0 Å². The lowest BCUT2D eigenvalue weighted by Crippen LogP contribution is -2.29. The Hall–Kier alpha value is -2.95. The molecule has 0 aliphatic rings. The molecule has 2 aromatic heterocycles. The molecule has 24 heavy (non-hydrogen) atoms. The number of imidazole rings is 1. The average Bonchev–Trinajstić information content (AvgIpc) is 3.15. The van der Waals surface area contributed by atoms with Gasteiger partial charge < -0.3 is 4.90 Å². The molecule has 0 aliphatic heterocycles. The van der Waals surface area contributed by atoms with Crippen molar-refractivity contribution in [1.82, 2.24) is 19.4 Å². The van der Waals surface area contributed by atoms with Crippen LogP contribution in [0, 0.1) is 6.92 Å². The predicted molar refractivity (Wildman–Crippen MR) is 93.0 cm³/mol. The molecule has 0 fully saturated rings. The molecule has 0 aliphatic carbocycles. The Morgan fingerprint density at radius 1 is 1.17 bits per heavy atom. The van der Waals surface area contributed by atoms with E-state index in [9.17, 15) is 4.79 Å². The van der Waals surface area contributed by atoms with Gasteiger partial charge in [0.05, 0.1) is 11.6 Å². The van der Waals surface area contributed by atoms with Gasteiger partial charge in [-0.1, -0.05) is 29.8 Å². The number of nitrogens with zero attached hydrogens (tertiary/aromatic N) is 4. The van der Waals surface area contributed by atoms with Gasteiger partial charge >= 0.3 is 0 Å². The van der Waals surface area contributed by atoms with Crippen LogP contribution in [0.2, 0.25) is 0 Å². The first kappa shape index (κ1) is 15.9. The molecule has 0 radical (unpaired) electrons. The van der Waals surface area contributed by atoms with Gasteiger partial charge in [0.2, 0.25) is 0 Å². The molecule has 0 bridgehead atoms. The van der Waals surface area contributed by atoms with Crippen LogP contribution in [0.3, 0.4) is 0 Å². The summed E-state index contributed by atoms with van der Waals surface area (Å²) >= 11 is 0. The third kappa shape index (κ3) is 3.20. The van der Waals surface area contributed by atoms with Gasteiger partial charge in [0, 0.05) is 25.6 Å². The van der Waals surface area contributed by atoms with Gasteiger partial charge in [0.15, 0.2) is 0 Å². The maximum Gasteiger partial charge on any atom is 0.255 e. The van der Waals surface area contributed by atoms with E-state index in [0.29, 0.717) is 5.56 Å². The number of carbonyl (C=O) groups is 1. The maximum absolute atomic E-state index is 12.7. The Balaban J connectivity index is 1.76. The third-order valence-corrected chi connectivity index (χ3v) is 4.22.